The second kappa shape index (κ2) is 9.03. The summed E-state index contributed by atoms with van der Waals surface area (Å²) in [5.74, 6) is -0.0755. The molecule has 0 aliphatic carbocycles. The Morgan fingerprint density at radius 1 is 1.13 bits per heavy atom. The van der Waals surface area contributed by atoms with Gasteiger partial charge in [0.25, 0.3) is 0 Å². The van der Waals surface area contributed by atoms with Gasteiger partial charge in [-0.05, 0) is 31.0 Å². The topological polar surface area (TPSA) is 66.5 Å². The van der Waals surface area contributed by atoms with Crippen molar-refractivity contribution in [1.29, 1.82) is 0 Å². The van der Waals surface area contributed by atoms with Crippen LogP contribution in [-0.2, 0) is 14.8 Å². The van der Waals surface area contributed by atoms with Crippen molar-refractivity contribution in [1.82, 2.24) is 4.31 Å². The zero-order valence-electron chi connectivity index (χ0n) is 14.6. The molecule has 0 bridgehead atoms. The summed E-state index contributed by atoms with van der Waals surface area (Å²) in [5.41, 5.74) is 1.21. The largest absolute Gasteiger partial charge is 0.326 e. The zero-order valence-corrected chi connectivity index (χ0v) is 15.4. The summed E-state index contributed by atoms with van der Waals surface area (Å²) < 4.78 is 26.8. The molecule has 23 heavy (non-hydrogen) atoms. The minimum atomic E-state index is -3.53. The second-order valence-corrected chi connectivity index (χ2v) is 7.48. The van der Waals surface area contributed by atoms with E-state index < -0.39 is 10.0 Å². The van der Waals surface area contributed by atoms with Crippen molar-refractivity contribution in [3.63, 3.8) is 0 Å². The van der Waals surface area contributed by atoms with E-state index in [1.807, 2.05) is 13.8 Å². The number of rotatable bonds is 9. The van der Waals surface area contributed by atoms with Crippen molar-refractivity contribution in [3.05, 3.63) is 23.8 Å². The first kappa shape index (κ1) is 19.6. The molecular weight excluding hydrogens is 312 g/mol. The highest BCUT2D eigenvalue weighted by molar-refractivity contribution is 7.89. The third kappa shape index (κ3) is 5.32. The molecule has 0 saturated carbocycles. The predicted octanol–water partition coefficient (Wildman–Crippen LogP) is 3.54. The molecule has 0 saturated heterocycles. The van der Waals surface area contributed by atoms with Crippen LogP contribution in [0.15, 0.2) is 23.1 Å². The quantitative estimate of drug-likeness (QED) is 0.699. The van der Waals surface area contributed by atoms with Gasteiger partial charge in [-0.3, -0.25) is 4.79 Å². The van der Waals surface area contributed by atoms with Crippen LogP contribution in [0.2, 0.25) is 0 Å². The average molecular weight is 340 g/mol. The minimum absolute atomic E-state index is 0.0755. The molecule has 0 atom stereocenters. The van der Waals surface area contributed by atoms with Gasteiger partial charge in [0.1, 0.15) is 0 Å². The average Bonchev–Trinajstić information content (AvgIpc) is 2.50. The van der Waals surface area contributed by atoms with E-state index in [0.29, 0.717) is 30.8 Å². The molecule has 0 spiro atoms. The molecule has 1 aromatic carbocycles. The van der Waals surface area contributed by atoms with Gasteiger partial charge in [0, 0.05) is 25.2 Å². The van der Waals surface area contributed by atoms with Gasteiger partial charge in [0.15, 0.2) is 0 Å². The monoisotopic (exact) mass is 340 g/mol. The smallest absolute Gasteiger partial charge is 0.243 e. The molecule has 0 unspecified atom stereocenters. The maximum Gasteiger partial charge on any atom is 0.243 e. The van der Waals surface area contributed by atoms with E-state index in [2.05, 4.69) is 12.2 Å². The van der Waals surface area contributed by atoms with E-state index in [0.717, 1.165) is 19.3 Å². The molecule has 5 nitrogen and oxygen atoms in total. The maximum atomic E-state index is 12.7. The number of anilines is 1. The molecule has 0 aromatic heterocycles. The minimum Gasteiger partial charge on any atom is -0.326 e. The van der Waals surface area contributed by atoms with Crippen molar-refractivity contribution in [2.24, 2.45) is 0 Å². The lowest BCUT2D eigenvalue weighted by Crippen LogP contribution is -2.31. The SMILES string of the molecule is CCCCCC(=O)Nc1ccc(C)c(S(=O)(=O)N(CC)CC)c1. The number of carbonyl (C=O) groups excluding carboxylic acids is 1. The lowest BCUT2D eigenvalue weighted by Gasteiger charge is -2.20. The van der Waals surface area contributed by atoms with Crippen molar-refractivity contribution in [3.8, 4) is 0 Å². The molecule has 1 N–H and O–H groups in total. The van der Waals surface area contributed by atoms with E-state index >= 15 is 0 Å². The van der Waals surface area contributed by atoms with E-state index in [4.69, 9.17) is 0 Å². The summed E-state index contributed by atoms with van der Waals surface area (Å²) in [6.07, 6.45) is 3.38. The standard InChI is InChI=1S/C17H28N2O3S/c1-5-8-9-10-17(20)18-15-12-11-14(4)16(13-15)23(21,22)19(6-2)7-3/h11-13H,5-10H2,1-4H3,(H,18,20). The predicted molar refractivity (Wildman–Crippen MR) is 94.1 cm³/mol. The molecule has 6 heteroatoms. The number of sulfonamides is 1. The van der Waals surface area contributed by atoms with Gasteiger partial charge in [-0.1, -0.05) is 39.7 Å². The van der Waals surface area contributed by atoms with Crippen LogP contribution in [0.3, 0.4) is 0 Å². The Morgan fingerprint density at radius 3 is 2.35 bits per heavy atom. The highest BCUT2D eigenvalue weighted by Crippen LogP contribution is 2.23. The maximum absolute atomic E-state index is 12.7. The fraction of sp³-hybridized carbons (Fsp3) is 0.588. The lowest BCUT2D eigenvalue weighted by atomic mass is 10.2. The number of hydrogen-bond donors (Lipinski definition) is 1. The molecular formula is C17H28N2O3S. The van der Waals surface area contributed by atoms with E-state index in [-0.39, 0.29) is 10.8 Å². The van der Waals surface area contributed by atoms with Gasteiger partial charge in [-0.2, -0.15) is 4.31 Å². The Bertz CT molecular complexity index is 623. The van der Waals surface area contributed by atoms with E-state index in [1.54, 1.807) is 25.1 Å². The summed E-state index contributed by atoms with van der Waals surface area (Å²) in [7, 11) is -3.53. The Morgan fingerprint density at radius 2 is 1.78 bits per heavy atom. The molecule has 0 fully saturated rings. The van der Waals surface area contributed by atoms with Gasteiger partial charge in [-0.25, -0.2) is 8.42 Å². The number of unbranched alkanes of at least 4 members (excludes halogenated alkanes) is 2. The summed E-state index contributed by atoms with van der Waals surface area (Å²) in [6.45, 7) is 8.33. The van der Waals surface area contributed by atoms with E-state index in [9.17, 15) is 13.2 Å². The fourth-order valence-electron chi connectivity index (χ4n) is 2.42. The fourth-order valence-corrected chi connectivity index (χ4v) is 4.13. The Balaban J connectivity index is 2.98. The molecule has 0 heterocycles. The van der Waals surface area contributed by atoms with Gasteiger partial charge >= 0.3 is 0 Å². The van der Waals surface area contributed by atoms with Crippen LogP contribution in [0.4, 0.5) is 5.69 Å². The summed E-state index contributed by atoms with van der Waals surface area (Å²) in [5, 5.41) is 2.79. The Labute approximate surface area is 140 Å². The van der Waals surface area contributed by atoms with Gasteiger partial charge in [0.2, 0.25) is 15.9 Å². The number of amides is 1. The number of carbonyl (C=O) groups is 1. The molecule has 130 valence electrons. The van der Waals surface area contributed by atoms with Crippen LogP contribution in [0, 0.1) is 6.92 Å². The third-order valence-corrected chi connectivity index (χ3v) is 5.99. The first-order valence-corrected chi connectivity index (χ1v) is 9.71. The molecule has 0 radical (unpaired) electrons. The third-order valence-electron chi connectivity index (χ3n) is 3.80. The number of hydrogen-bond acceptors (Lipinski definition) is 3. The number of nitrogens with one attached hydrogen (secondary N) is 1. The normalized spacial score (nSPS) is 11.7. The van der Waals surface area contributed by atoms with Crippen LogP contribution in [0.1, 0.15) is 52.0 Å². The van der Waals surface area contributed by atoms with Crippen LogP contribution < -0.4 is 5.32 Å². The van der Waals surface area contributed by atoms with Crippen molar-refractivity contribution >= 4 is 21.6 Å². The van der Waals surface area contributed by atoms with Crippen molar-refractivity contribution < 1.29 is 13.2 Å². The Hall–Kier alpha value is -1.40. The highest BCUT2D eigenvalue weighted by Gasteiger charge is 2.24. The molecule has 0 aliphatic rings. The van der Waals surface area contributed by atoms with Crippen molar-refractivity contribution in [2.45, 2.75) is 58.3 Å². The van der Waals surface area contributed by atoms with Gasteiger partial charge in [-0.15, -0.1) is 0 Å². The highest BCUT2D eigenvalue weighted by atomic mass is 32.2. The number of nitrogens with zero attached hydrogens (tertiary/aromatic N) is 1. The first-order valence-electron chi connectivity index (χ1n) is 8.27. The summed E-state index contributed by atoms with van der Waals surface area (Å²) >= 11 is 0. The number of benzene rings is 1. The molecule has 1 amide bonds. The lowest BCUT2D eigenvalue weighted by molar-refractivity contribution is -0.116. The number of aryl methyl sites for hydroxylation is 1. The summed E-state index contributed by atoms with van der Waals surface area (Å²) in [6, 6.07) is 5.03. The molecule has 0 aliphatic heterocycles. The molecule has 1 aromatic rings. The van der Waals surface area contributed by atoms with Crippen LogP contribution >= 0.6 is 0 Å². The van der Waals surface area contributed by atoms with Crippen LogP contribution in [-0.4, -0.2) is 31.7 Å². The summed E-state index contributed by atoms with van der Waals surface area (Å²) in [4.78, 5) is 12.2. The second-order valence-electron chi connectivity index (χ2n) is 5.57. The first-order chi connectivity index (χ1) is 10.9. The van der Waals surface area contributed by atoms with E-state index in [1.165, 1.54) is 4.31 Å². The van der Waals surface area contributed by atoms with Crippen LogP contribution in [0.5, 0.6) is 0 Å². The van der Waals surface area contributed by atoms with Gasteiger partial charge in [0.05, 0.1) is 4.90 Å². The Kier molecular flexibility index (Phi) is 7.72. The van der Waals surface area contributed by atoms with Crippen LogP contribution in [0.25, 0.3) is 0 Å². The van der Waals surface area contributed by atoms with Crippen molar-refractivity contribution in [2.75, 3.05) is 18.4 Å². The zero-order chi connectivity index (χ0) is 17.5. The molecule has 1 rings (SSSR count). The van der Waals surface area contributed by atoms with Gasteiger partial charge < -0.3 is 5.32 Å².